The summed E-state index contributed by atoms with van der Waals surface area (Å²) in [7, 11) is 0. The van der Waals surface area contributed by atoms with Gasteiger partial charge in [0.15, 0.2) is 0 Å². The van der Waals surface area contributed by atoms with Gasteiger partial charge in [-0.15, -0.1) is 0 Å². The van der Waals surface area contributed by atoms with E-state index in [1.807, 2.05) is 35.2 Å². The predicted molar refractivity (Wildman–Crippen MR) is 94.8 cm³/mol. The average molecular weight is 343 g/mol. The van der Waals surface area contributed by atoms with E-state index in [4.69, 9.17) is 10.8 Å². The summed E-state index contributed by atoms with van der Waals surface area (Å²) < 4.78 is 0. The Morgan fingerprint density at radius 1 is 1.24 bits per heavy atom. The van der Waals surface area contributed by atoms with E-state index in [9.17, 15) is 9.90 Å². The van der Waals surface area contributed by atoms with Gasteiger partial charge in [-0.25, -0.2) is 4.98 Å². The Labute approximate surface area is 143 Å². The highest BCUT2D eigenvalue weighted by atomic mass is 16.3. The Morgan fingerprint density at radius 3 is 2.72 bits per heavy atom. The summed E-state index contributed by atoms with van der Waals surface area (Å²) in [5, 5.41) is 19.0. The second-order valence-corrected chi connectivity index (χ2v) is 5.98. The van der Waals surface area contributed by atoms with Gasteiger partial charge in [0, 0.05) is 31.4 Å². The first-order chi connectivity index (χ1) is 12.1. The molecule has 0 fully saturated rings. The van der Waals surface area contributed by atoms with Crippen LogP contribution >= 0.6 is 0 Å². The second kappa shape index (κ2) is 7.47. The largest absolute Gasteiger partial charge is 0.394 e. The van der Waals surface area contributed by atoms with Crippen LogP contribution in [0, 0.1) is 0 Å². The monoisotopic (exact) mass is 343 g/mol. The Morgan fingerprint density at radius 2 is 2.00 bits per heavy atom. The second-order valence-electron chi connectivity index (χ2n) is 5.98. The molecule has 0 bridgehead atoms. The quantitative estimate of drug-likeness (QED) is 0.416. The van der Waals surface area contributed by atoms with Crippen molar-refractivity contribution in [3.63, 3.8) is 0 Å². The molecular formula is C17H21N5O3. The minimum atomic E-state index is -0.852. The molecule has 0 saturated heterocycles. The zero-order valence-corrected chi connectivity index (χ0v) is 13.6. The summed E-state index contributed by atoms with van der Waals surface area (Å²) >= 11 is 0. The summed E-state index contributed by atoms with van der Waals surface area (Å²) in [4.78, 5) is 23.5. The zero-order valence-electron chi connectivity index (χ0n) is 13.6. The standard InChI is InChI=1S/C17H21N5O3/c18-17-20-14-12(6-19-15(14)16(25)21-17)8-22(9-13(24)10-23)7-11-4-2-1-3-5-11/h1-6,13,19,23-24H,7-10H2,(H3,18,20,21,25). The van der Waals surface area contributed by atoms with Crippen LogP contribution in [-0.4, -0.2) is 49.3 Å². The third-order valence-electron chi connectivity index (χ3n) is 3.96. The van der Waals surface area contributed by atoms with E-state index in [0.29, 0.717) is 24.1 Å². The molecular weight excluding hydrogens is 322 g/mol. The molecule has 25 heavy (non-hydrogen) atoms. The number of anilines is 1. The lowest BCUT2D eigenvalue weighted by molar-refractivity contribution is 0.0543. The molecule has 3 rings (SSSR count). The van der Waals surface area contributed by atoms with E-state index in [1.165, 1.54) is 0 Å². The molecule has 3 aromatic rings. The van der Waals surface area contributed by atoms with E-state index in [-0.39, 0.29) is 24.7 Å². The molecule has 2 aromatic heterocycles. The van der Waals surface area contributed by atoms with Crippen molar-refractivity contribution in [3.8, 4) is 0 Å². The highest BCUT2D eigenvalue weighted by Crippen LogP contribution is 2.17. The number of hydrogen-bond acceptors (Lipinski definition) is 6. The molecule has 2 heterocycles. The van der Waals surface area contributed by atoms with Crippen LogP contribution in [0.2, 0.25) is 0 Å². The Kier molecular flexibility index (Phi) is 5.13. The minimum absolute atomic E-state index is 0.0587. The minimum Gasteiger partial charge on any atom is -0.394 e. The molecule has 8 heteroatoms. The summed E-state index contributed by atoms with van der Waals surface area (Å²) in [6, 6.07) is 9.82. The maximum atomic E-state index is 11.9. The number of aromatic nitrogens is 3. The first-order valence-corrected chi connectivity index (χ1v) is 7.97. The number of nitrogens with two attached hydrogens (primary N) is 1. The number of nitrogens with one attached hydrogen (secondary N) is 2. The lowest BCUT2D eigenvalue weighted by atomic mass is 10.2. The predicted octanol–water partition coefficient (Wildman–Crippen LogP) is 0.189. The number of benzene rings is 1. The van der Waals surface area contributed by atoms with Gasteiger partial charge in [0.05, 0.1) is 12.7 Å². The lowest BCUT2D eigenvalue weighted by Gasteiger charge is -2.24. The Bertz CT molecular complexity index is 890. The summed E-state index contributed by atoms with van der Waals surface area (Å²) in [6.45, 7) is 1.01. The fourth-order valence-corrected chi connectivity index (χ4v) is 2.83. The van der Waals surface area contributed by atoms with E-state index in [2.05, 4.69) is 15.0 Å². The number of nitrogen functional groups attached to an aromatic ring is 1. The van der Waals surface area contributed by atoms with Crippen LogP contribution in [0.25, 0.3) is 11.0 Å². The molecule has 8 nitrogen and oxygen atoms in total. The molecule has 0 spiro atoms. The van der Waals surface area contributed by atoms with Crippen LogP contribution in [0.4, 0.5) is 5.95 Å². The van der Waals surface area contributed by atoms with E-state index in [0.717, 1.165) is 11.1 Å². The molecule has 6 N–H and O–H groups in total. The van der Waals surface area contributed by atoms with Gasteiger partial charge in [0.2, 0.25) is 5.95 Å². The topological polar surface area (TPSA) is 131 Å². The molecule has 1 unspecified atom stereocenters. The van der Waals surface area contributed by atoms with Gasteiger partial charge in [0.1, 0.15) is 11.0 Å². The zero-order chi connectivity index (χ0) is 17.8. The van der Waals surface area contributed by atoms with Crippen LogP contribution in [-0.2, 0) is 13.1 Å². The van der Waals surface area contributed by atoms with Crippen molar-refractivity contribution in [1.29, 1.82) is 0 Å². The van der Waals surface area contributed by atoms with Crippen molar-refractivity contribution in [1.82, 2.24) is 19.9 Å². The van der Waals surface area contributed by atoms with Crippen molar-refractivity contribution in [2.24, 2.45) is 0 Å². The number of nitrogens with zero attached hydrogens (tertiary/aromatic N) is 2. The lowest BCUT2D eigenvalue weighted by Crippen LogP contribution is -2.33. The number of hydrogen-bond donors (Lipinski definition) is 5. The van der Waals surface area contributed by atoms with Crippen LogP contribution in [0.5, 0.6) is 0 Å². The third kappa shape index (κ3) is 4.05. The van der Waals surface area contributed by atoms with Crippen LogP contribution in [0.15, 0.2) is 41.3 Å². The summed E-state index contributed by atoms with van der Waals surface area (Å²) in [5.41, 5.74) is 8.08. The smallest absolute Gasteiger partial charge is 0.276 e. The van der Waals surface area contributed by atoms with E-state index >= 15 is 0 Å². The summed E-state index contributed by atoms with van der Waals surface area (Å²) in [6.07, 6.45) is 0.866. The molecule has 0 radical (unpaired) electrons. The normalized spacial score (nSPS) is 12.8. The number of fused-ring (bicyclic) bond motifs is 1. The van der Waals surface area contributed by atoms with Crippen molar-refractivity contribution in [2.75, 3.05) is 18.9 Å². The number of aliphatic hydroxyl groups excluding tert-OH is 2. The van der Waals surface area contributed by atoms with Crippen LogP contribution in [0.1, 0.15) is 11.1 Å². The Balaban J connectivity index is 1.88. The van der Waals surface area contributed by atoms with Crippen molar-refractivity contribution < 1.29 is 10.2 Å². The van der Waals surface area contributed by atoms with Gasteiger partial charge in [-0.1, -0.05) is 30.3 Å². The molecule has 1 aromatic carbocycles. The van der Waals surface area contributed by atoms with Crippen LogP contribution < -0.4 is 11.3 Å². The average Bonchev–Trinajstić information content (AvgIpc) is 2.98. The molecule has 0 amide bonds. The molecule has 0 aliphatic rings. The van der Waals surface area contributed by atoms with Gasteiger partial charge >= 0.3 is 0 Å². The first-order valence-electron chi connectivity index (χ1n) is 7.97. The fraction of sp³-hybridized carbons (Fsp3) is 0.294. The van der Waals surface area contributed by atoms with Gasteiger partial charge in [0.25, 0.3) is 5.56 Å². The maximum Gasteiger partial charge on any atom is 0.276 e. The SMILES string of the molecule is Nc1nc2c(CN(Cc3ccccc3)CC(O)CO)c[nH]c2c(=O)[nH]1. The van der Waals surface area contributed by atoms with E-state index in [1.54, 1.807) is 6.20 Å². The van der Waals surface area contributed by atoms with Crippen LogP contribution in [0.3, 0.4) is 0 Å². The Hall–Kier alpha value is -2.68. The van der Waals surface area contributed by atoms with Crippen molar-refractivity contribution >= 4 is 17.0 Å². The van der Waals surface area contributed by atoms with Crippen molar-refractivity contribution in [3.05, 3.63) is 58.0 Å². The number of aromatic amines is 2. The first kappa shape index (κ1) is 17.2. The number of rotatable bonds is 7. The highest BCUT2D eigenvalue weighted by molar-refractivity contribution is 5.78. The fourth-order valence-electron chi connectivity index (χ4n) is 2.83. The third-order valence-corrected chi connectivity index (χ3v) is 3.96. The molecule has 0 aliphatic carbocycles. The van der Waals surface area contributed by atoms with E-state index < -0.39 is 6.10 Å². The number of aliphatic hydroxyl groups is 2. The molecule has 132 valence electrons. The maximum absolute atomic E-state index is 11.9. The molecule has 0 aliphatic heterocycles. The van der Waals surface area contributed by atoms with Gasteiger partial charge in [-0.2, -0.15) is 0 Å². The highest BCUT2D eigenvalue weighted by Gasteiger charge is 2.16. The number of H-pyrrole nitrogens is 2. The van der Waals surface area contributed by atoms with Crippen molar-refractivity contribution in [2.45, 2.75) is 19.2 Å². The summed E-state index contributed by atoms with van der Waals surface area (Å²) in [5.74, 6) is 0.0587. The molecule has 1 atom stereocenters. The van der Waals surface area contributed by atoms with Gasteiger partial charge < -0.3 is 20.9 Å². The van der Waals surface area contributed by atoms with Gasteiger partial charge in [-0.3, -0.25) is 14.7 Å². The van der Waals surface area contributed by atoms with Gasteiger partial charge in [-0.05, 0) is 5.56 Å². The molecule has 0 saturated carbocycles.